The Labute approximate surface area is 84.2 Å². The molecule has 3 heteroatoms. The summed E-state index contributed by atoms with van der Waals surface area (Å²) in [6.07, 6.45) is 3.82. The van der Waals surface area contributed by atoms with Crippen LogP contribution in [0.2, 0.25) is 0 Å². The van der Waals surface area contributed by atoms with Crippen LogP contribution >= 0.6 is 0 Å². The van der Waals surface area contributed by atoms with E-state index in [0.717, 1.165) is 11.3 Å². The van der Waals surface area contributed by atoms with E-state index in [9.17, 15) is 5.11 Å². The molecule has 1 unspecified atom stereocenters. The standard InChI is InChI=1S/C11H16N2O/c1-8-2-3-9(6-12-8)11(14)7-13-10-4-5-10/h2-3,6,10-11,13-14H,4-5,7H2,1H3. The molecule has 1 aliphatic carbocycles. The Hall–Kier alpha value is -0.930. The molecule has 1 fully saturated rings. The monoisotopic (exact) mass is 192 g/mol. The first-order valence-electron chi connectivity index (χ1n) is 5.10. The Balaban J connectivity index is 1.88. The lowest BCUT2D eigenvalue weighted by atomic mass is 10.1. The van der Waals surface area contributed by atoms with Crippen LogP contribution in [0, 0.1) is 6.92 Å². The fourth-order valence-corrected chi connectivity index (χ4v) is 1.36. The summed E-state index contributed by atoms with van der Waals surface area (Å²) in [5, 5.41) is 13.1. The lowest BCUT2D eigenvalue weighted by molar-refractivity contribution is 0.174. The minimum atomic E-state index is -0.427. The van der Waals surface area contributed by atoms with Crippen LogP contribution < -0.4 is 5.32 Å². The largest absolute Gasteiger partial charge is 0.387 e. The van der Waals surface area contributed by atoms with Crippen LogP contribution in [-0.2, 0) is 0 Å². The fourth-order valence-electron chi connectivity index (χ4n) is 1.36. The summed E-state index contributed by atoms with van der Waals surface area (Å²) in [4.78, 5) is 4.16. The zero-order valence-electron chi connectivity index (χ0n) is 8.40. The van der Waals surface area contributed by atoms with Gasteiger partial charge in [-0.05, 0) is 25.8 Å². The summed E-state index contributed by atoms with van der Waals surface area (Å²) in [6, 6.07) is 4.50. The number of hydrogen-bond acceptors (Lipinski definition) is 3. The van der Waals surface area contributed by atoms with Gasteiger partial charge in [-0.2, -0.15) is 0 Å². The Morgan fingerprint density at radius 3 is 2.93 bits per heavy atom. The van der Waals surface area contributed by atoms with Gasteiger partial charge >= 0.3 is 0 Å². The van der Waals surface area contributed by atoms with E-state index in [1.54, 1.807) is 6.20 Å². The average molecular weight is 192 g/mol. The second-order valence-electron chi connectivity index (χ2n) is 3.93. The summed E-state index contributed by atoms with van der Waals surface area (Å²) in [6.45, 7) is 2.58. The van der Waals surface area contributed by atoms with Crippen molar-refractivity contribution in [1.29, 1.82) is 0 Å². The molecule has 0 radical (unpaired) electrons. The van der Waals surface area contributed by atoms with Crippen LogP contribution in [0.3, 0.4) is 0 Å². The quantitative estimate of drug-likeness (QED) is 0.753. The topological polar surface area (TPSA) is 45.1 Å². The minimum absolute atomic E-state index is 0.427. The van der Waals surface area contributed by atoms with Gasteiger partial charge < -0.3 is 10.4 Å². The number of rotatable bonds is 4. The summed E-state index contributed by atoms with van der Waals surface area (Å²) in [5.74, 6) is 0. The van der Waals surface area contributed by atoms with Crippen molar-refractivity contribution in [3.63, 3.8) is 0 Å². The van der Waals surface area contributed by atoms with Crippen molar-refractivity contribution >= 4 is 0 Å². The van der Waals surface area contributed by atoms with E-state index >= 15 is 0 Å². The third kappa shape index (κ3) is 2.53. The van der Waals surface area contributed by atoms with E-state index in [4.69, 9.17) is 0 Å². The third-order valence-electron chi connectivity index (χ3n) is 2.50. The molecule has 2 N–H and O–H groups in total. The summed E-state index contributed by atoms with van der Waals surface area (Å²) in [5.41, 5.74) is 1.87. The van der Waals surface area contributed by atoms with Gasteiger partial charge in [0.25, 0.3) is 0 Å². The normalized spacial score (nSPS) is 18.1. The molecule has 0 aromatic carbocycles. The van der Waals surface area contributed by atoms with E-state index < -0.39 is 6.10 Å². The van der Waals surface area contributed by atoms with Gasteiger partial charge in [-0.25, -0.2) is 0 Å². The van der Waals surface area contributed by atoms with E-state index in [0.29, 0.717) is 12.6 Å². The molecule has 0 bridgehead atoms. The number of nitrogens with zero attached hydrogens (tertiary/aromatic N) is 1. The number of aryl methyl sites for hydroxylation is 1. The SMILES string of the molecule is Cc1ccc(C(O)CNC2CC2)cn1. The number of hydrogen-bond donors (Lipinski definition) is 2. The van der Waals surface area contributed by atoms with E-state index in [-0.39, 0.29) is 0 Å². The lowest BCUT2D eigenvalue weighted by Gasteiger charge is -2.11. The highest BCUT2D eigenvalue weighted by Crippen LogP contribution is 2.20. The molecule has 76 valence electrons. The van der Waals surface area contributed by atoms with Crippen molar-refractivity contribution in [3.8, 4) is 0 Å². The molecule has 2 rings (SSSR count). The van der Waals surface area contributed by atoms with Crippen LogP contribution in [0.25, 0.3) is 0 Å². The van der Waals surface area contributed by atoms with Crippen molar-refractivity contribution in [2.24, 2.45) is 0 Å². The highest BCUT2D eigenvalue weighted by molar-refractivity contribution is 5.16. The first-order chi connectivity index (χ1) is 6.75. The lowest BCUT2D eigenvalue weighted by Crippen LogP contribution is -2.23. The first kappa shape index (κ1) is 9.62. The molecule has 0 spiro atoms. The molecule has 1 aliphatic rings. The van der Waals surface area contributed by atoms with Crippen molar-refractivity contribution < 1.29 is 5.11 Å². The maximum absolute atomic E-state index is 9.79. The number of aromatic nitrogens is 1. The van der Waals surface area contributed by atoms with Crippen molar-refractivity contribution in [2.75, 3.05) is 6.54 Å². The number of aliphatic hydroxyl groups is 1. The molecule has 1 aromatic rings. The van der Waals surface area contributed by atoms with Crippen LogP contribution in [-0.4, -0.2) is 22.7 Å². The van der Waals surface area contributed by atoms with Crippen LogP contribution in [0.1, 0.15) is 30.2 Å². The molecule has 1 aromatic heterocycles. The third-order valence-corrected chi connectivity index (χ3v) is 2.50. The highest BCUT2D eigenvalue weighted by Gasteiger charge is 2.21. The Morgan fingerprint density at radius 1 is 1.57 bits per heavy atom. The summed E-state index contributed by atoms with van der Waals surface area (Å²) < 4.78 is 0. The van der Waals surface area contributed by atoms with Crippen molar-refractivity contribution in [2.45, 2.75) is 31.9 Å². The van der Waals surface area contributed by atoms with Gasteiger partial charge in [0.05, 0.1) is 6.10 Å². The molecule has 1 heterocycles. The first-order valence-corrected chi connectivity index (χ1v) is 5.10. The van der Waals surface area contributed by atoms with Crippen LogP contribution in [0.5, 0.6) is 0 Å². The summed E-state index contributed by atoms with van der Waals surface area (Å²) in [7, 11) is 0. The zero-order chi connectivity index (χ0) is 9.97. The van der Waals surface area contributed by atoms with E-state index in [1.165, 1.54) is 12.8 Å². The van der Waals surface area contributed by atoms with Gasteiger partial charge in [0, 0.05) is 30.0 Å². The number of nitrogens with one attached hydrogen (secondary N) is 1. The smallest absolute Gasteiger partial charge is 0.0929 e. The molecule has 3 nitrogen and oxygen atoms in total. The van der Waals surface area contributed by atoms with Gasteiger partial charge in [0.15, 0.2) is 0 Å². The Bertz CT molecular complexity index is 293. The minimum Gasteiger partial charge on any atom is -0.387 e. The predicted octanol–water partition coefficient (Wildman–Crippen LogP) is 1.18. The molecule has 0 amide bonds. The second-order valence-corrected chi connectivity index (χ2v) is 3.93. The van der Waals surface area contributed by atoms with Crippen molar-refractivity contribution in [1.82, 2.24) is 10.3 Å². The van der Waals surface area contributed by atoms with Crippen LogP contribution in [0.4, 0.5) is 0 Å². The maximum atomic E-state index is 9.79. The second kappa shape index (κ2) is 4.07. The van der Waals surface area contributed by atoms with Crippen LogP contribution in [0.15, 0.2) is 18.3 Å². The number of pyridine rings is 1. The van der Waals surface area contributed by atoms with Gasteiger partial charge in [-0.1, -0.05) is 6.07 Å². The van der Waals surface area contributed by atoms with E-state index in [1.807, 2.05) is 19.1 Å². The van der Waals surface area contributed by atoms with Gasteiger partial charge in [-0.15, -0.1) is 0 Å². The predicted molar refractivity (Wildman–Crippen MR) is 55.0 cm³/mol. The van der Waals surface area contributed by atoms with Gasteiger partial charge in [0.2, 0.25) is 0 Å². The molecule has 1 atom stereocenters. The molecule has 0 saturated heterocycles. The highest BCUT2D eigenvalue weighted by atomic mass is 16.3. The maximum Gasteiger partial charge on any atom is 0.0929 e. The zero-order valence-corrected chi connectivity index (χ0v) is 8.40. The Kier molecular flexibility index (Phi) is 2.79. The molecule has 1 saturated carbocycles. The number of aliphatic hydroxyl groups excluding tert-OH is 1. The summed E-state index contributed by atoms with van der Waals surface area (Å²) >= 11 is 0. The fraction of sp³-hybridized carbons (Fsp3) is 0.545. The van der Waals surface area contributed by atoms with Crippen molar-refractivity contribution in [3.05, 3.63) is 29.6 Å². The van der Waals surface area contributed by atoms with Gasteiger partial charge in [0.1, 0.15) is 0 Å². The van der Waals surface area contributed by atoms with E-state index in [2.05, 4.69) is 10.3 Å². The van der Waals surface area contributed by atoms with Gasteiger partial charge in [-0.3, -0.25) is 4.98 Å². The molecule has 14 heavy (non-hydrogen) atoms. The Morgan fingerprint density at radius 2 is 2.36 bits per heavy atom. The molecule has 0 aliphatic heterocycles. The average Bonchev–Trinajstić information content (AvgIpc) is 2.99. The molecular formula is C11H16N2O. The molecular weight excluding hydrogens is 176 g/mol.